The van der Waals surface area contributed by atoms with Crippen LogP contribution in [0.4, 0.5) is 5.69 Å². The van der Waals surface area contributed by atoms with Crippen LogP contribution in [0.5, 0.6) is 5.75 Å². The molecule has 0 saturated heterocycles. The zero-order valence-corrected chi connectivity index (χ0v) is 12.2. The van der Waals surface area contributed by atoms with Crippen molar-refractivity contribution < 1.29 is 9.84 Å². The van der Waals surface area contributed by atoms with Gasteiger partial charge in [-0.2, -0.15) is 0 Å². The van der Waals surface area contributed by atoms with E-state index in [0.29, 0.717) is 24.0 Å². The number of aliphatic hydroxyl groups excluding tert-OH is 1. The molecule has 0 aliphatic rings. The van der Waals surface area contributed by atoms with Crippen LogP contribution in [0.1, 0.15) is 27.2 Å². The molecule has 0 saturated carbocycles. The average molecular weight is 266 g/mol. The molecule has 2 unspecified atom stereocenters. The maximum atomic E-state index is 10.0. The van der Waals surface area contributed by atoms with Crippen LogP contribution in [0.3, 0.4) is 0 Å². The molecule has 1 aromatic carbocycles. The van der Waals surface area contributed by atoms with E-state index >= 15 is 0 Å². The summed E-state index contributed by atoms with van der Waals surface area (Å²) in [7, 11) is 0. The van der Waals surface area contributed by atoms with E-state index in [0.717, 1.165) is 13.0 Å². The number of nitrogens with two attached hydrogens (primary N) is 1. The molecule has 1 aromatic rings. The highest BCUT2D eigenvalue weighted by Crippen LogP contribution is 2.19. The summed E-state index contributed by atoms with van der Waals surface area (Å²) in [6.07, 6.45) is 0.570. The van der Waals surface area contributed by atoms with Crippen molar-refractivity contribution in [1.29, 1.82) is 0 Å². The average Bonchev–Trinajstić information content (AvgIpc) is 2.43. The summed E-state index contributed by atoms with van der Waals surface area (Å²) in [5, 5.41) is 10.0. The van der Waals surface area contributed by atoms with Crippen molar-refractivity contribution in [2.45, 2.75) is 39.3 Å². The van der Waals surface area contributed by atoms with Gasteiger partial charge < -0.3 is 15.6 Å². The molecule has 4 nitrogen and oxygen atoms in total. The predicted octanol–water partition coefficient (Wildman–Crippen LogP) is 2.13. The number of hydrogen-bond acceptors (Lipinski definition) is 4. The molecule has 0 aliphatic carbocycles. The number of nitrogen functional groups attached to an aromatic ring is 1. The number of rotatable bonds is 8. The van der Waals surface area contributed by atoms with Gasteiger partial charge in [-0.3, -0.25) is 4.90 Å². The first kappa shape index (κ1) is 15.8. The molecular weight excluding hydrogens is 240 g/mol. The van der Waals surface area contributed by atoms with E-state index in [1.165, 1.54) is 0 Å². The number of anilines is 1. The Kier molecular flexibility index (Phi) is 6.67. The fraction of sp³-hybridized carbons (Fsp3) is 0.600. The third-order valence-corrected chi connectivity index (χ3v) is 3.42. The largest absolute Gasteiger partial charge is 0.489 e. The first-order valence-corrected chi connectivity index (χ1v) is 6.97. The van der Waals surface area contributed by atoms with Crippen LogP contribution in [0.25, 0.3) is 0 Å². The van der Waals surface area contributed by atoms with E-state index in [9.17, 15) is 5.11 Å². The SMILES string of the molecule is CCC(C)N(CC)CC(O)COc1ccccc1N. The third-order valence-electron chi connectivity index (χ3n) is 3.42. The molecule has 0 fully saturated rings. The smallest absolute Gasteiger partial charge is 0.142 e. The van der Waals surface area contributed by atoms with Crippen molar-refractivity contribution in [2.24, 2.45) is 0 Å². The summed E-state index contributed by atoms with van der Waals surface area (Å²) in [5.41, 5.74) is 6.39. The van der Waals surface area contributed by atoms with Gasteiger partial charge in [-0.05, 0) is 32.0 Å². The van der Waals surface area contributed by atoms with Gasteiger partial charge in [0.15, 0.2) is 0 Å². The zero-order chi connectivity index (χ0) is 14.3. The summed E-state index contributed by atoms with van der Waals surface area (Å²) >= 11 is 0. The van der Waals surface area contributed by atoms with Gasteiger partial charge in [-0.1, -0.05) is 26.0 Å². The van der Waals surface area contributed by atoms with Crippen LogP contribution < -0.4 is 10.5 Å². The molecule has 4 heteroatoms. The molecule has 0 amide bonds. The second-order valence-electron chi connectivity index (χ2n) is 4.85. The summed E-state index contributed by atoms with van der Waals surface area (Å²) in [6.45, 7) is 8.25. The number of para-hydroxylation sites is 2. The lowest BCUT2D eigenvalue weighted by atomic mass is 10.2. The van der Waals surface area contributed by atoms with Crippen LogP contribution in [0.15, 0.2) is 24.3 Å². The minimum absolute atomic E-state index is 0.265. The summed E-state index contributed by atoms with van der Waals surface area (Å²) in [5.74, 6) is 0.633. The Hall–Kier alpha value is -1.26. The standard InChI is InChI=1S/C15H26N2O2/c1-4-12(3)17(5-2)10-13(18)11-19-15-9-7-6-8-14(15)16/h6-9,12-13,18H,4-5,10-11,16H2,1-3H3. The highest BCUT2D eigenvalue weighted by Gasteiger charge is 2.15. The second kappa shape index (κ2) is 8.02. The maximum Gasteiger partial charge on any atom is 0.142 e. The summed E-state index contributed by atoms with van der Waals surface area (Å²) < 4.78 is 5.56. The van der Waals surface area contributed by atoms with Crippen LogP contribution in [0.2, 0.25) is 0 Å². The Bertz CT molecular complexity index is 371. The highest BCUT2D eigenvalue weighted by atomic mass is 16.5. The topological polar surface area (TPSA) is 58.7 Å². The first-order chi connectivity index (χ1) is 9.08. The predicted molar refractivity (Wildman–Crippen MR) is 79.4 cm³/mol. The molecule has 0 radical (unpaired) electrons. The van der Waals surface area contributed by atoms with Crippen LogP contribution in [-0.4, -0.2) is 41.8 Å². The van der Waals surface area contributed by atoms with E-state index in [2.05, 4.69) is 25.7 Å². The van der Waals surface area contributed by atoms with Crippen LogP contribution in [0, 0.1) is 0 Å². The lowest BCUT2D eigenvalue weighted by Crippen LogP contribution is -2.40. The Morgan fingerprint density at radius 1 is 1.32 bits per heavy atom. The van der Waals surface area contributed by atoms with Gasteiger partial charge in [0.1, 0.15) is 18.5 Å². The highest BCUT2D eigenvalue weighted by molar-refractivity contribution is 5.51. The van der Waals surface area contributed by atoms with E-state index in [1.807, 2.05) is 18.2 Å². The lowest BCUT2D eigenvalue weighted by molar-refractivity contribution is 0.0566. The van der Waals surface area contributed by atoms with E-state index in [-0.39, 0.29) is 6.61 Å². The molecule has 0 bridgehead atoms. The normalized spacial score (nSPS) is 14.4. The fourth-order valence-electron chi connectivity index (χ4n) is 2.00. The quantitative estimate of drug-likeness (QED) is 0.708. The monoisotopic (exact) mass is 266 g/mol. The van der Waals surface area contributed by atoms with Gasteiger partial charge >= 0.3 is 0 Å². The van der Waals surface area contributed by atoms with Crippen molar-refractivity contribution in [2.75, 3.05) is 25.4 Å². The maximum absolute atomic E-state index is 10.0. The Morgan fingerprint density at radius 3 is 2.58 bits per heavy atom. The Labute approximate surface area is 116 Å². The van der Waals surface area contributed by atoms with Crippen molar-refractivity contribution in [3.63, 3.8) is 0 Å². The minimum atomic E-state index is -0.506. The minimum Gasteiger partial charge on any atom is -0.489 e. The van der Waals surface area contributed by atoms with Gasteiger partial charge in [0.25, 0.3) is 0 Å². The molecule has 108 valence electrons. The van der Waals surface area contributed by atoms with E-state index < -0.39 is 6.10 Å². The van der Waals surface area contributed by atoms with E-state index in [1.54, 1.807) is 6.07 Å². The van der Waals surface area contributed by atoms with Crippen LogP contribution in [-0.2, 0) is 0 Å². The third kappa shape index (κ3) is 5.09. The van der Waals surface area contributed by atoms with Gasteiger partial charge in [0.2, 0.25) is 0 Å². The first-order valence-electron chi connectivity index (χ1n) is 6.97. The molecule has 3 N–H and O–H groups in total. The van der Waals surface area contributed by atoms with Gasteiger partial charge in [0, 0.05) is 12.6 Å². The number of aliphatic hydroxyl groups is 1. The Morgan fingerprint density at radius 2 is 2.00 bits per heavy atom. The van der Waals surface area contributed by atoms with Crippen molar-refractivity contribution in [3.8, 4) is 5.75 Å². The van der Waals surface area contributed by atoms with E-state index in [4.69, 9.17) is 10.5 Å². The summed E-state index contributed by atoms with van der Waals surface area (Å²) in [6, 6.07) is 7.81. The number of hydrogen-bond donors (Lipinski definition) is 2. The summed E-state index contributed by atoms with van der Waals surface area (Å²) in [4.78, 5) is 2.25. The molecule has 0 heterocycles. The Balaban J connectivity index is 2.43. The molecule has 0 aromatic heterocycles. The van der Waals surface area contributed by atoms with Gasteiger partial charge in [-0.25, -0.2) is 0 Å². The molecule has 2 atom stereocenters. The van der Waals surface area contributed by atoms with Crippen molar-refractivity contribution >= 4 is 5.69 Å². The number of ether oxygens (including phenoxy) is 1. The molecule has 19 heavy (non-hydrogen) atoms. The number of likely N-dealkylation sites (N-methyl/N-ethyl adjacent to an activating group) is 1. The fourth-order valence-corrected chi connectivity index (χ4v) is 2.00. The molecule has 0 aliphatic heterocycles. The van der Waals surface area contributed by atoms with Crippen LogP contribution >= 0.6 is 0 Å². The second-order valence-corrected chi connectivity index (χ2v) is 4.85. The van der Waals surface area contributed by atoms with Gasteiger partial charge in [0.05, 0.1) is 5.69 Å². The molecular formula is C15H26N2O2. The lowest BCUT2D eigenvalue weighted by Gasteiger charge is -2.29. The molecule has 1 rings (SSSR count). The number of nitrogens with zero attached hydrogens (tertiary/aromatic N) is 1. The van der Waals surface area contributed by atoms with Crippen molar-refractivity contribution in [3.05, 3.63) is 24.3 Å². The van der Waals surface area contributed by atoms with Crippen molar-refractivity contribution in [1.82, 2.24) is 4.90 Å². The molecule has 0 spiro atoms. The van der Waals surface area contributed by atoms with Gasteiger partial charge in [-0.15, -0.1) is 0 Å². The zero-order valence-electron chi connectivity index (χ0n) is 12.2. The number of benzene rings is 1.